The lowest BCUT2D eigenvalue weighted by atomic mass is 9.98. The van der Waals surface area contributed by atoms with Crippen molar-refractivity contribution in [3.8, 4) is 5.75 Å². The van der Waals surface area contributed by atoms with Gasteiger partial charge in [0.15, 0.2) is 0 Å². The molecule has 1 aliphatic carbocycles. The number of nitrogens with one attached hydrogen (secondary N) is 1. The zero-order chi connectivity index (χ0) is 12.6. The molecule has 0 heterocycles. The third-order valence-electron chi connectivity index (χ3n) is 3.53. The van der Waals surface area contributed by atoms with Gasteiger partial charge in [-0.1, -0.05) is 25.5 Å². The maximum absolute atomic E-state index is 6.02. The van der Waals surface area contributed by atoms with Gasteiger partial charge in [0.25, 0.3) is 0 Å². The monoisotopic (exact) mass is 247 g/mol. The van der Waals surface area contributed by atoms with Gasteiger partial charge in [0.05, 0.1) is 6.10 Å². The van der Waals surface area contributed by atoms with Gasteiger partial charge in [0.2, 0.25) is 0 Å². The molecular formula is C16H25NO. The summed E-state index contributed by atoms with van der Waals surface area (Å²) in [6, 6.07) is 8.55. The quantitative estimate of drug-likeness (QED) is 0.770. The Kier molecular flexibility index (Phi) is 5.53. The number of hydrogen-bond donors (Lipinski definition) is 1. The molecule has 1 fully saturated rings. The first kappa shape index (κ1) is 13.4. The fourth-order valence-electron chi connectivity index (χ4n) is 2.47. The molecule has 18 heavy (non-hydrogen) atoms. The van der Waals surface area contributed by atoms with Crippen molar-refractivity contribution in [1.82, 2.24) is 5.32 Å². The molecule has 1 aliphatic rings. The smallest absolute Gasteiger partial charge is 0.119 e. The molecule has 0 bridgehead atoms. The minimum absolute atomic E-state index is 0.447. The minimum Gasteiger partial charge on any atom is -0.490 e. The lowest BCUT2D eigenvalue weighted by molar-refractivity contribution is 0.155. The second-order valence-electron chi connectivity index (χ2n) is 5.20. The Balaban J connectivity index is 1.79. The summed E-state index contributed by atoms with van der Waals surface area (Å²) in [5.74, 6) is 1.03. The second kappa shape index (κ2) is 7.42. The first-order valence-electron chi connectivity index (χ1n) is 7.35. The van der Waals surface area contributed by atoms with Crippen LogP contribution in [0.5, 0.6) is 5.75 Å². The topological polar surface area (TPSA) is 21.3 Å². The Morgan fingerprint density at radius 2 is 1.83 bits per heavy atom. The van der Waals surface area contributed by atoms with E-state index in [-0.39, 0.29) is 0 Å². The number of rotatable bonds is 6. The van der Waals surface area contributed by atoms with Crippen molar-refractivity contribution in [3.63, 3.8) is 0 Å². The molecule has 0 aromatic heterocycles. The van der Waals surface area contributed by atoms with E-state index in [1.165, 1.54) is 44.1 Å². The lowest BCUT2D eigenvalue weighted by Crippen LogP contribution is -2.19. The Labute approximate surface area is 111 Å². The summed E-state index contributed by atoms with van der Waals surface area (Å²) in [5.41, 5.74) is 1.33. The molecule has 1 saturated carbocycles. The number of ether oxygens (including phenoxy) is 1. The fraction of sp³-hybridized carbons (Fsp3) is 0.625. The third-order valence-corrected chi connectivity index (χ3v) is 3.53. The van der Waals surface area contributed by atoms with Crippen LogP contribution in [0.4, 0.5) is 0 Å². The van der Waals surface area contributed by atoms with Crippen LogP contribution in [0.2, 0.25) is 0 Å². The lowest BCUT2D eigenvalue weighted by Gasteiger charge is -2.23. The molecule has 1 N–H and O–H groups in total. The summed E-state index contributed by atoms with van der Waals surface area (Å²) in [6.07, 6.45) is 8.10. The van der Waals surface area contributed by atoms with Gasteiger partial charge >= 0.3 is 0 Å². The van der Waals surface area contributed by atoms with Gasteiger partial charge in [-0.25, -0.2) is 0 Å². The average Bonchev–Trinajstić information content (AvgIpc) is 2.42. The Morgan fingerprint density at radius 1 is 1.11 bits per heavy atom. The first-order valence-corrected chi connectivity index (χ1v) is 7.35. The van der Waals surface area contributed by atoms with Gasteiger partial charge in [-0.15, -0.1) is 0 Å². The van der Waals surface area contributed by atoms with Crippen LogP contribution >= 0.6 is 0 Å². The van der Waals surface area contributed by atoms with E-state index in [9.17, 15) is 0 Å². The predicted octanol–water partition coefficient (Wildman–Crippen LogP) is 3.90. The van der Waals surface area contributed by atoms with Gasteiger partial charge in [-0.3, -0.25) is 0 Å². The van der Waals surface area contributed by atoms with Crippen LogP contribution in [-0.2, 0) is 6.54 Å². The van der Waals surface area contributed by atoms with Crippen molar-refractivity contribution in [2.45, 2.75) is 58.1 Å². The van der Waals surface area contributed by atoms with Crippen molar-refractivity contribution >= 4 is 0 Å². The van der Waals surface area contributed by atoms with Crippen molar-refractivity contribution in [3.05, 3.63) is 29.8 Å². The summed E-state index contributed by atoms with van der Waals surface area (Å²) < 4.78 is 6.02. The molecular weight excluding hydrogens is 222 g/mol. The van der Waals surface area contributed by atoms with E-state index in [1.807, 2.05) is 0 Å². The first-order chi connectivity index (χ1) is 8.88. The average molecular weight is 247 g/mol. The van der Waals surface area contributed by atoms with Crippen LogP contribution in [0.3, 0.4) is 0 Å². The Bertz CT molecular complexity index is 327. The molecule has 1 aromatic carbocycles. The summed E-state index contributed by atoms with van der Waals surface area (Å²) in [6.45, 7) is 4.23. The molecule has 1 aromatic rings. The molecule has 0 unspecified atom stereocenters. The van der Waals surface area contributed by atoms with E-state index >= 15 is 0 Å². The van der Waals surface area contributed by atoms with Crippen LogP contribution in [0.15, 0.2) is 24.3 Å². The summed E-state index contributed by atoms with van der Waals surface area (Å²) in [5, 5.41) is 3.41. The van der Waals surface area contributed by atoms with Gasteiger partial charge in [-0.2, -0.15) is 0 Å². The van der Waals surface area contributed by atoms with E-state index in [4.69, 9.17) is 4.74 Å². The molecule has 2 nitrogen and oxygen atoms in total. The normalized spacial score (nSPS) is 16.7. The third kappa shape index (κ3) is 4.34. The maximum Gasteiger partial charge on any atom is 0.119 e. The van der Waals surface area contributed by atoms with Gasteiger partial charge in [0.1, 0.15) is 5.75 Å². The molecule has 0 spiro atoms. The van der Waals surface area contributed by atoms with Crippen LogP contribution in [0.1, 0.15) is 51.0 Å². The van der Waals surface area contributed by atoms with Crippen molar-refractivity contribution < 1.29 is 4.74 Å². The molecule has 2 heteroatoms. The Hall–Kier alpha value is -1.02. The van der Waals surface area contributed by atoms with Crippen LogP contribution < -0.4 is 10.1 Å². The standard InChI is InChI=1S/C16H25NO/c1-2-12-17-13-14-8-10-16(11-9-14)18-15-6-4-3-5-7-15/h8-11,15,17H,2-7,12-13H2,1H3. The van der Waals surface area contributed by atoms with Crippen LogP contribution in [0.25, 0.3) is 0 Å². The highest BCUT2D eigenvalue weighted by molar-refractivity contribution is 5.27. The Morgan fingerprint density at radius 3 is 2.50 bits per heavy atom. The van der Waals surface area contributed by atoms with Gasteiger partial charge in [0, 0.05) is 6.54 Å². The molecule has 0 saturated heterocycles. The van der Waals surface area contributed by atoms with Crippen LogP contribution in [0, 0.1) is 0 Å². The second-order valence-corrected chi connectivity index (χ2v) is 5.20. The van der Waals surface area contributed by atoms with Crippen LogP contribution in [-0.4, -0.2) is 12.6 Å². The van der Waals surface area contributed by atoms with E-state index < -0.39 is 0 Å². The van der Waals surface area contributed by atoms with E-state index in [2.05, 4.69) is 36.5 Å². The molecule has 0 radical (unpaired) electrons. The van der Waals surface area contributed by atoms with E-state index in [0.29, 0.717) is 6.10 Å². The van der Waals surface area contributed by atoms with E-state index in [1.54, 1.807) is 0 Å². The molecule has 0 aliphatic heterocycles. The van der Waals surface area contributed by atoms with E-state index in [0.717, 1.165) is 18.8 Å². The number of benzene rings is 1. The highest BCUT2D eigenvalue weighted by atomic mass is 16.5. The zero-order valence-electron chi connectivity index (χ0n) is 11.5. The van der Waals surface area contributed by atoms with Crippen molar-refractivity contribution in [2.75, 3.05) is 6.54 Å². The number of hydrogen-bond acceptors (Lipinski definition) is 2. The molecule has 2 rings (SSSR count). The largest absolute Gasteiger partial charge is 0.490 e. The highest BCUT2D eigenvalue weighted by Gasteiger charge is 2.14. The predicted molar refractivity (Wildman–Crippen MR) is 75.9 cm³/mol. The molecule has 100 valence electrons. The van der Waals surface area contributed by atoms with Crippen molar-refractivity contribution in [2.24, 2.45) is 0 Å². The summed E-state index contributed by atoms with van der Waals surface area (Å²) in [7, 11) is 0. The fourth-order valence-corrected chi connectivity index (χ4v) is 2.47. The molecule has 0 atom stereocenters. The molecule has 0 amide bonds. The van der Waals surface area contributed by atoms with Crippen molar-refractivity contribution in [1.29, 1.82) is 0 Å². The van der Waals surface area contributed by atoms with Gasteiger partial charge < -0.3 is 10.1 Å². The summed E-state index contributed by atoms with van der Waals surface area (Å²) >= 11 is 0. The maximum atomic E-state index is 6.02. The van der Waals surface area contributed by atoms with Gasteiger partial charge in [-0.05, 0) is 56.3 Å². The SMILES string of the molecule is CCCNCc1ccc(OC2CCCCC2)cc1. The minimum atomic E-state index is 0.447. The zero-order valence-corrected chi connectivity index (χ0v) is 11.5. The highest BCUT2D eigenvalue weighted by Crippen LogP contribution is 2.23. The summed E-state index contributed by atoms with van der Waals surface area (Å²) in [4.78, 5) is 0.